The van der Waals surface area contributed by atoms with E-state index < -0.39 is 12.0 Å². The number of aromatic nitrogens is 1. The van der Waals surface area contributed by atoms with Gasteiger partial charge in [-0.2, -0.15) is 0 Å². The first-order chi connectivity index (χ1) is 10.6. The fraction of sp³-hybridized carbons (Fsp3) is 0.429. The van der Waals surface area contributed by atoms with Gasteiger partial charge in [-0.15, -0.1) is 0 Å². The first kappa shape index (κ1) is 15.7. The third kappa shape index (κ3) is 3.94. The molecule has 1 saturated heterocycles. The molecule has 2 N–H and O–H groups in total. The highest BCUT2D eigenvalue weighted by molar-refractivity contribution is 6.01. The Morgan fingerprint density at radius 3 is 2.95 bits per heavy atom. The second-order valence-electron chi connectivity index (χ2n) is 4.63. The quantitative estimate of drug-likeness (QED) is 0.787. The van der Waals surface area contributed by atoms with E-state index in [-0.39, 0.29) is 24.9 Å². The van der Waals surface area contributed by atoms with E-state index in [1.54, 1.807) is 24.0 Å². The van der Waals surface area contributed by atoms with Crippen LogP contribution >= 0.6 is 0 Å². The molecule has 0 unspecified atom stereocenters. The van der Waals surface area contributed by atoms with Gasteiger partial charge in [0.1, 0.15) is 6.54 Å². The van der Waals surface area contributed by atoms with Crippen molar-refractivity contribution in [3.05, 3.63) is 18.3 Å². The molecule has 8 heteroatoms. The highest BCUT2D eigenvalue weighted by Gasteiger charge is 2.24. The molecule has 1 aromatic heterocycles. The van der Waals surface area contributed by atoms with Crippen molar-refractivity contribution in [2.75, 3.05) is 29.9 Å². The average Bonchev–Trinajstić information content (AvgIpc) is 2.92. The summed E-state index contributed by atoms with van der Waals surface area (Å²) >= 11 is 0. The second kappa shape index (κ2) is 7.39. The van der Waals surface area contributed by atoms with Gasteiger partial charge in [0, 0.05) is 19.2 Å². The fourth-order valence-electron chi connectivity index (χ4n) is 2.13. The van der Waals surface area contributed by atoms with E-state index in [1.807, 2.05) is 0 Å². The maximum Gasteiger partial charge on any atom is 0.325 e. The molecule has 0 aliphatic carbocycles. The molecule has 3 amide bonds. The molecular weight excluding hydrogens is 288 g/mol. The molecule has 0 saturated carbocycles. The van der Waals surface area contributed by atoms with Crippen molar-refractivity contribution in [1.82, 2.24) is 10.3 Å². The summed E-state index contributed by atoms with van der Waals surface area (Å²) in [5, 5.41) is 4.92. The van der Waals surface area contributed by atoms with Gasteiger partial charge in [-0.25, -0.2) is 9.78 Å². The van der Waals surface area contributed by atoms with Crippen LogP contribution in [0.1, 0.15) is 19.8 Å². The molecule has 1 aliphatic heterocycles. The smallest absolute Gasteiger partial charge is 0.325 e. The lowest BCUT2D eigenvalue weighted by atomic mass is 10.3. The first-order valence-electron chi connectivity index (χ1n) is 7.07. The van der Waals surface area contributed by atoms with Gasteiger partial charge >= 0.3 is 12.0 Å². The fourth-order valence-corrected chi connectivity index (χ4v) is 2.13. The topological polar surface area (TPSA) is 101 Å². The van der Waals surface area contributed by atoms with E-state index in [4.69, 9.17) is 4.74 Å². The third-order valence-corrected chi connectivity index (χ3v) is 3.08. The molecular formula is C14H18N4O4. The minimum absolute atomic E-state index is 0.00276. The molecule has 22 heavy (non-hydrogen) atoms. The number of pyridine rings is 1. The van der Waals surface area contributed by atoms with E-state index in [0.717, 1.165) is 6.42 Å². The van der Waals surface area contributed by atoms with Gasteiger partial charge in [0.2, 0.25) is 5.91 Å². The molecule has 0 bridgehead atoms. The molecule has 1 aliphatic rings. The van der Waals surface area contributed by atoms with E-state index >= 15 is 0 Å². The number of amides is 3. The van der Waals surface area contributed by atoms with Crippen LogP contribution < -0.4 is 15.5 Å². The number of nitrogens with one attached hydrogen (secondary N) is 2. The Morgan fingerprint density at radius 2 is 2.27 bits per heavy atom. The molecule has 2 rings (SSSR count). The van der Waals surface area contributed by atoms with Gasteiger partial charge in [0.05, 0.1) is 12.3 Å². The van der Waals surface area contributed by atoms with Crippen LogP contribution in [0.4, 0.5) is 16.3 Å². The second-order valence-corrected chi connectivity index (χ2v) is 4.63. The maximum absolute atomic E-state index is 11.8. The Labute approximate surface area is 127 Å². The largest absolute Gasteiger partial charge is 0.465 e. The molecule has 0 atom stereocenters. The number of carbonyl (C=O) groups is 3. The Morgan fingerprint density at radius 1 is 1.45 bits per heavy atom. The highest BCUT2D eigenvalue weighted by atomic mass is 16.5. The van der Waals surface area contributed by atoms with Gasteiger partial charge in [0.15, 0.2) is 5.82 Å². The Bertz CT molecular complexity index is 576. The summed E-state index contributed by atoms with van der Waals surface area (Å²) in [4.78, 5) is 40.5. The summed E-state index contributed by atoms with van der Waals surface area (Å²) in [6.07, 6.45) is 2.79. The number of rotatable bonds is 5. The van der Waals surface area contributed by atoms with Crippen LogP contribution in [0.3, 0.4) is 0 Å². The number of anilines is 2. The van der Waals surface area contributed by atoms with Crippen molar-refractivity contribution in [3.8, 4) is 0 Å². The van der Waals surface area contributed by atoms with Crippen LogP contribution in [0.15, 0.2) is 18.3 Å². The molecule has 118 valence electrons. The van der Waals surface area contributed by atoms with E-state index in [2.05, 4.69) is 15.6 Å². The predicted octanol–water partition coefficient (Wildman–Crippen LogP) is 0.893. The monoisotopic (exact) mass is 306 g/mol. The zero-order valence-corrected chi connectivity index (χ0v) is 12.3. The first-order valence-corrected chi connectivity index (χ1v) is 7.07. The van der Waals surface area contributed by atoms with E-state index in [0.29, 0.717) is 18.7 Å². The maximum atomic E-state index is 11.8. The summed E-state index contributed by atoms with van der Waals surface area (Å²) < 4.78 is 4.71. The van der Waals surface area contributed by atoms with Crippen molar-refractivity contribution in [2.45, 2.75) is 19.8 Å². The minimum Gasteiger partial charge on any atom is -0.465 e. The zero-order valence-electron chi connectivity index (χ0n) is 12.3. The van der Waals surface area contributed by atoms with Gasteiger partial charge in [0.25, 0.3) is 0 Å². The molecule has 1 aromatic rings. The van der Waals surface area contributed by atoms with Gasteiger partial charge < -0.3 is 15.0 Å². The van der Waals surface area contributed by atoms with Crippen molar-refractivity contribution >= 4 is 29.4 Å². The number of carbonyl (C=O) groups excluding carboxylic acids is 3. The van der Waals surface area contributed by atoms with Gasteiger partial charge in [-0.05, 0) is 25.5 Å². The van der Waals surface area contributed by atoms with E-state index in [1.165, 1.54) is 6.20 Å². The minimum atomic E-state index is -0.584. The summed E-state index contributed by atoms with van der Waals surface area (Å²) in [5.41, 5.74) is 0.552. The third-order valence-electron chi connectivity index (χ3n) is 3.08. The molecule has 0 aromatic carbocycles. The molecule has 8 nitrogen and oxygen atoms in total. The van der Waals surface area contributed by atoms with Crippen molar-refractivity contribution < 1.29 is 19.1 Å². The lowest BCUT2D eigenvalue weighted by molar-refractivity contribution is -0.141. The number of hydrogen-bond acceptors (Lipinski definition) is 5. The summed E-state index contributed by atoms with van der Waals surface area (Å²) in [6, 6.07) is 2.83. The lowest BCUT2D eigenvalue weighted by Gasteiger charge is -2.19. The van der Waals surface area contributed by atoms with Crippen molar-refractivity contribution in [1.29, 1.82) is 0 Å². The SMILES string of the molecule is CCOC(=O)CNC(=O)Nc1ncccc1N1CCCC1=O. The van der Waals surface area contributed by atoms with Crippen molar-refractivity contribution in [3.63, 3.8) is 0 Å². The standard InChI is InChI=1S/C14H18N4O4/c1-2-22-12(20)9-16-14(21)17-13-10(5-3-7-15-13)18-8-4-6-11(18)19/h3,5,7H,2,4,6,8-9H2,1H3,(H2,15,16,17,21). The zero-order chi connectivity index (χ0) is 15.9. The molecule has 2 heterocycles. The van der Waals surface area contributed by atoms with Crippen molar-refractivity contribution in [2.24, 2.45) is 0 Å². The normalized spacial score (nSPS) is 13.9. The summed E-state index contributed by atoms with van der Waals surface area (Å²) in [7, 11) is 0. The van der Waals surface area contributed by atoms with Crippen LogP contribution in [0.2, 0.25) is 0 Å². The Balaban J connectivity index is 1.99. The average molecular weight is 306 g/mol. The van der Waals surface area contributed by atoms with Crippen LogP contribution in [-0.2, 0) is 14.3 Å². The summed E-state index contributed by atoms with van der Waals surface area (Å²) in [5.74, 6) is -0.240. The molecule has 0 radical (unpaired) electrons. The predicted molar refractivity (Wildman–Crippen MR) is 79.5 cm³/mol. The van der Waals surface area contributed by atoms with Crippen LogP contribution in [0.25, 0.3) is 0 Å². The number of urea groups is 1. The number of hydrogen-bond donors (Lipinski definition) is 2. The van der Waals surface area contributed by atoms with Gasteiger partial charge in [-0.3, -0.25) is 14.9 Å². The Hall–Kier alpha value is -2.64. The van der Waals surface area contributed by atoms with E-state index in [9.17, 15) is 14.4 Å². The van der Waals surface area contributed by atoms with Crippen LogP contribution in [0.5, 0.6) is 0 Å². The highest BCUT2D eigenvalue weighted by Crippen LogP contribution is 2.27. The molecule has 0 spiro atoms. The van der Waals surface area contributed by atoms with Gasteiger partial charge in [-0.1, -0.05) is 0 Å². The molecule has 1 fully saturated rings. The number of nitrogens with zero attached hydrogens (tertiary/aromatic N) is 2. The Kier molecular flexibility index (Phi) is 5.29. The number of ether oxygens (including phenoxy) is 1. The van der Waals surface area contributed by atoms with Crippen LogP contribution in [-0.4, -0.2) is 42.6 Å². The van der Waals surface area contributed by atoms with Crippen LogP contribution in [0, 0.1) is 0 Å². The lowest BCUT2D eigenvalue weighted by Crippen LogP contribution is -2.35. The number of esters is 1. The summed E-state index contributed by atoms with van der Waals surface area (Å²) in [6.45, 7) is 2.31.